The Bertz CT molecular complexity index is 967. The van der Waals surface area contributed by atoms with Crippen LogP contribution in [0, 0.1) is 0 Å². The number of aromatic nitrogens is 2. The number of rotatable bonds is 7. The lowest BCUT2D eigenvalue weighted by Crippen LogP contribution is -2.40. The van der Waals surface area contributed by atoms with Gasteiger partial charge < -0.3 is 9.88 Å². The van der Waals surface area contributed by atoms with Crippen molar-refractivity contribution in [3.05, 3.63) is 89.5 Å². The van der Waals surface area contributed by atoms with E-state index in [1.54, 1.807) is 24.7 Å². The maximum absolute atomic E-state index is 12.7. The molecular weight excluding hydrogens is 362 g/mol. The normalized spacial score (nSPS) is 11.3. The van der Waals surface area contributed by atoms with Crippen LogP contribution in [-0.2, 0) is 13.0 Å². The molecule has 150 valence electrons. The molecule has 0 radical (unpaired) electrons. The van der Waals surface area contributed by atoms with E-state index in [-0.39, 0.29) is 17.2 Å². The summed E-state index contributed by atoms with van der Waals surface area (Å²) in [4.78, 5) is 29.1. The number of Topliss-reactive ketones (excluding diaryl/α,β-unsaturated/α-hetero) is 1. The number of hydrogen-bond donors (Lipinski definition) is 1. The van der Waals surface area contributed by atoms with E-state index < -0.39 is 0 Å². The first kappa shape index (κ1) is 20.5. The zero-order valence-corrected chi connectivity index (χ0v) is 17.2. The smallest absolute Gasteiger partial charge is 0.251 e. The van der Waals surface area contributed by atoms with Gasteiger partial charge in [0.1, 0.15) is 5.69 Å². The minimum Gasteiger partial charge on any atom is -0.347 e. The number of nitrogens with zero attached hydrogens (tertiary/aromatic N) is 2. The van der Waals surface area contributed by atoms with Crippen molar-refractivity contribution in [2.45, 2.75) is 45.7 Å². The summed E-state index contributed by atoms with van der Waals surface area (Å²) in [6.07, 6.45) is 4.35. The van der Waals surface area contributed by atoms with Gasteiger partial charge in [0.2, 0.25) is 0 Å². The van der Waals surface area contributed by atoms with E-state index in [1.807, 2.05) is 67.8 Å². The fourth-order valence-electron chi connectivity index (χ4n) is 3.08. The third kappa shape index (κ3) is 5.88. The van der Waals surface area contributed by atoms with Crippen LogP contribution in [0.15, 0.2) is 67.1 Å². The standard InChI is InChI=1S/C24H27N3O2/c1-24(2,3)26-23(29)20-12-9-18(10-13-20)11-14-22(28)21-15-25-17-27(21)16-19-7-5-4-6-8-19/h4-10,12-13,15,17H,11,14,16H2,1-3H3,(H,26,29). The summed E-state index contributed by atoms with van der Waals surface area (Å²) in [6.45, 7) is 6.48. The SMILES string of the molecule is CC(C)(C)NC(=O)c1ccc(CCC(=O)c2cncn2Cc2ccccc2)cc1. The highest BCUT2D eigenvalue weighted by atomic mass is 16.1. The average molecular weight is 389 g/mol. The molecule has 2 aromatic carbocycles. The molecular formula is C24H27N3O2. The Morgan fingerprint density at radius 2 is 1.66 bits per heavy atom. The predicted molar refractivity (Wildman–Crippen MR) is 114 cm³/mol. The second kappa shape index (κ2) is 8.86. The molecule has 0 aliphatic rings. The van der Waals surface area contributed by atoms with Crippen molar-refractivity contribution in [3.63, 3.8) is 0 Å². The number of ketones is 1. The first-order valence-corrected chi connectivity index (χ1v) is 9.80. The first-order valence-electron chi connectivity index (χ1n) is 9.80. The van der Waals surface area contributed by atoms with Crippen molar-refractivity contribution >= 4 is 11.7 Å². The van der Waals surface area contributed by atoms with Gasteiger partial charge in [-0.3, -0.25) is 9.59 Å². The molecule has 0 spiro atoms. The van der Waals surface area contributed by atoms with Gasteiger partial charge in [0.05, 0.1) is 12.5 Å². The molecule has 0 fully saturated rings. The van der Waals surface area contributed by atoms with Crippen molar-refractivity contribution < 1.29 is 9.59 Å². The molecule has 1 N–H and O–H groups in total. The summed E-state index contributed by atoms with van der Waals surface area (Å²) in [5.74, 6) is -0.0297. The van der Waals surface area contributed by atoms with E-state index in [4.69, 9.17) is 0 Å². The third-order valence-corrected chi connectivity index (χ3v) is 4.54. The van der Waals surface area contributed by atoms with Gasteiger partial charge in [-0.2, -0.15) is 0 Å². The fraction of sp³-hybridized carbons (Fsp3) is 0.292. The van der Waals surface area contributed by atoms with E-state index in [2.05, 4.69) is 10.3 Å². The number of carbonyl (C=O) groups excluding carboxylic acids is 2. The summed E-state index contributed by atoms with van der Waals surface area (Å²) in [6, 6.07) is 17.4. The second-order valence-electron chi connectivity index (χ2n) is 8.22. The molecule has 3 rings (SSSR count). The molecule has 29 heavy (non-hydrogen) atoms. The Morgan fingerprint density at radius 3 is 2.31 bits per heavy atom. The molecule has 0 unspecified atom stereocenters. The topological polar surface area (TPSA) is 64.0 Å². The molecule has 5 heteroatoms. The monoisotopic (exact) mass is 389 g/mol. The molecule has 1 aromatic heterocycles. The van der Waals surface area contributed by atoms with Gasteiger partial charge in [-0.05, 0) is 50.5 Å². The van der Waals surface area contributed by atoms with Crippen LogP contribution in [0.2, 0.25) is 0 Å². The summed E-state index contributed by atoms with van der Waals surface area (Å²) in [5, 5.41) is 2.95. The van der Waals surface area contributed by atoms with E-state index in [1.165, 1.54) is 0 Å². The van der Waals surface area contributed by atoms with Crippen LogP contribution in [0.4, 0.5) is 0 Å². The van der Waals surface area contributed by atoms with Crippen molar-refractivity contribution in [3.8, 4) is 0 Å². The van der Waals surface area contributed by atoms with Crippen molar-refractivity contribution in [1.29, 1.82) is 0 Å². The maximum atomic E-state index is 12.7. The quantitative estimate of drug-likeness (QED) is 0.614. The van der Waals surface area contributed by atoms with E-state index >= 15 is 0 Å². The van der Waals surface area contributed by atoms with Gasteiger partial charge in [0.15, 0.2) is 5.78 Å². The molecule has 1 heterocycles. The van der Waals surface area contributed by atoms with Gasteiger partial charge in [-0.1, -0.05) is 42.5 Å². The number of aryl methyl sites for hydroxylation is 1. The van der Waals surface area contributed by atoms with Crippen LogP contribution in [0.5, 0.6) is 0 Å². The highest BCUT2D eigenvalue weighted by molar-refractivity contribution is 5.95. The molecule has 3 aromatic rings. The first-order chi connectivity index (χ1) is 13.8. The van der Waals surface area contributed by atoms with Crippen molar-refractivity contribution in [2.24, 2.45) is 0 Å². The Hall–Kier alpha value is -3.21. The molecule has 1 amide bonds. The summed E-state index contributed by atoms with van der Waals surface area (Å²) in [5.41, 5.74) is 3.12. The van der Waals surface area contributed by atoms with Gasteiger partial charge >= 0.3 is 0 Å². The number of hydrogen-bond acceptors (Lipinski definition) is 3. The van der Waals surface area contributed by atoms with Crippen LogP contribution in [0.3, 0.4) is 0 Å². The van der Waals surface area contributed by atoms with Crippen LogP contribution >= 0.6 is 0 Å². The highest BCUT2D eigenvalue weighted by Gasteiger charge is 2.16. The fourth-order valence-corrected chi connectivity index (χ4v) is 3.08. The number of carbonyl (C=O) groups is 2. The number of nitrogens with one attached hydrogen (secondary N) is 1. The molecule has 0 bridgehead atoms. The lowest BCUT2D eigenvalue weighted by atomic mass is 10.0. The molecule has 5 nitrogen and oxygen atoms in total. The van der Waals surface area contributed by atoms with E-state index in [9.17, 15) is 9.59 Å². The van der Waals surface area contributed by atoms with E-state index in [0.29, 0.717) is 30.6 Å². The average Bonchev–Trinajstić information content (AvgIpc) is 3.14. The van der Waals surface area contributed by atoms with Gasteiger partial charge in [0, 0.05) is 24.1 Å². The number of amides is 1. The van der Waals surface area contributed by atoms with Gasteiger partial charge in [-0.25, -0.2) is 4.98 Å². The Balaban J connectivity index is 1.59. The Kier molecular flexibility index (Phi) is 6.27. The van der Waals surface area contributed by atoms with E-state index in [0.717, 1.165) is 11.1 Å². The molecule has 0 aliphatic heterocycles. The Morgan fingerprint density at radius 1 is 0.966 bits per heavy atom. The third-order valence-electron chi connectivity index (χ3n) is 4.54. The largest absolute Gasteiger partial charge is 0.347 e. The predicted octanol–water partition coefficient (Wildman–Crippen LogP) is 4.28. The molecule has 0 atom stereocenters. The minimum atomic E-state index is -0.273. The zero-order chi connectivity index (χ0) is 20.9. The summed E-state index contributed by atoms with van der Waals surface area (Å²) < 4.78 is 1.89. The van der Waals surface area contributed by atoms with Crippen molar-refractivity contribution in [2.75, 3.05) is 0 Å². The van der Waals surface area contributed by atoms with Gasteiger partial charge in [0.25, 0.3) is 5.91 Å². The van der Waals surface area contributed by atoms with Crippen LogP contribution in [-0.4, -0.2) is 26.8 Å². The Labute approximate surface area is 171 Å². The number of benzene rings is 2. The highest BCUT2D eigenvalue weighted by Crippen LogP contribution is 2.13. The van der Waals surface area contributed by atoms with Crippen LogP contribution in [0.25, 0.3) is 0 Å². The number of imidazole rings is 1. The lowest BCUT2D eigenvalue weighted by Gasteiger charge is -2.20. The second-order valence-corrected chi connectivity index (χ2v) is 8.22. The van der Waals surface area contributed by atoms with Crippen LogP contribution < -0.4 is 5.32 Å². The minimum absolute atomic E-state index is 0.0629. The zero-order valence-electron chi connectivity index (χ0n) is 17.2. The van der Waals surface area contributed by atoms with Crippen molar-refractivity contribution in [1.82, 2.24) is 14.9 Å². The summed E-state index contributed by atoms with van der Waals surface area (Å²) in [7, 11) is 0. The van der Waals surface area contributed by atoms with Gasteiger partial charge in [-0.15, -0.1) is 0 Å². The summed E-state index contributed by atoms with van der Waals surface area (Å²) >= 11 is 0. The molecule has 0 saturated heterocycles. The lowest BCUT2D eigenvalue weighted by molar-refractivity contribution is 0.0918. The molecule has 0 saturated carbocycles. The van der Waals surface area contributed by atoms with Crippen LogP contribution in [0.1, 0.15) is 59.2 Å². The molecule has 0 aliphatic carbocycles. The maximum Gasteiger partial charge on any atom is 0.251 e.